The van der Waals surface area contributed by atoms with Crippen LogP contribution < -0.4 is 4.74 Å². The van der Waals surface area contributed by atoms with Crippen LogP contribution in [0.2, 0.25) is 0 Å². The summed E-state index contributed by atoms with van der Waals surface area (Å²) in [4.78, 5) is 14.7. The molecule has 4 heteroatoms. The average Bonchev–Trinajstić information content (AvgIpc) is 2.53. The van der Waals surface area contributed by atoms with Crippen molar-refractivity contribution in [2.24, 2.45) is 0 Å². The SMILES string of the molecule is COc1cccc(C(=O)N2CCO[C@H]3CCCC[C@@H]32)c1. The lowest BCUT2D eigenvalue weighted by Gasteiger charge is -2.43. The van der Waals surface area contributed by atoms with Gasteiger partial charge in [-0.15, -0.1) is 0 Å². The Kier molecular flexibility index (Phi) is 3.92. The molecule has 0 unspecified atom stereocenters. The second kappa shape index (κ2) is 5.83. The van der Waals surface area contributed by atoms with Crippen molar-refractivity contribution in [2.75, 3.05) is 20.3 Å². The summed E-state index contributed by atoms with van der Waals surface area (Å²) in [5.41, 5.74) is 0.704. The van der Waals surface area contributed by atoms with E-state index in [1.54, 1.807) is 7.11 Å². The van der Waals surface area contributed by atoms with Crippen LogP contribution in [0.1, 0.15) is 36.0 Å². The second-order valence-corrected chi connectivity index (χ2v) is 5.49. The van der Waals surface area contributed by atoms with Gasteiger partial charge in [-0.1, -0.05) is 18.9 Å². The van der Waals surface area contributed by atoms with Gasteiger partial charge in [0.2, 0.25) is 0 Å². The van der Waals surface area contributed by atoms with E-state index in [4.69, 9.17) is 9.47 Å². The van der Waals surface area contributed by atoms with Gasteiger partial charge in [-0.2, -0.15) is 0 Å². The minimum Gasteiger partial charge on any atom is -0.497 e. The molecule has 1 saturated carbocycles. The summed E-state index contributed by atoms with van der Waals surface area (Å²) < 4.78 is 11.0. The van der Waals surface area contributed by atoms with E-state index < -0.39 is 0 Å². The zero-order valence-electron chi connectivity index (χ0n) is 11.9. The van der Waals surface area contributed by atoms with Gasteiger partial charge in [0.25, 0.3) is 5.91 Å². The van der Waals surface area contributed by atoms with Crippen LogP contribution in [0.25, 0.3) is 0 Å². The molecule has 108 valence electrons. The Labute approximate surface area is 119 Å². The molecule has 1 aliphatic heterocycles. The van der Waals surface area contributed by atoms with Crippen LogP contribution >= 0.6 is 0 Å². The molecule has 1 aliphatic carbocycles. The number of benzene rings is 1. The molecule has 2 aliphatic rings. The molecule has 0 bridgehead atoms. The predicted molar refractivity (Wildman–Crippen MR) is 76.0 cm³/mol. The predicted octanol–water partition coefficient (Wildman–Crippen LogP) is 2.48. The van der Waals surface area contributed by atoms with Gasteiger partial charge in [0, 0.05) is 12.1 Å². The first-order valence-corrected chi connectivity index (χ1v) is 7.36. The number of morpholine rings is 1. The summed E-state index contributed by atoms with van der Waals surface area (Å²) >= 11 is 0. The fourth-order valence-corrected chi connectivity index (χ4v) is 3.27. The fraction of sp³-hybridized carbons (Fsp3) is 0.562. The topological polar surface area (TPSA) is 38.8 Å². The van der Waals surface area contributed by atoms with E-state index in [-0.39, 0.29) is 18.1 Å². The molecule has 0 spiro atoms. The first-order chi connectivity index (χ1) is 9.79. The van der Waals surface area contributed by atoms with Crippen LogP contribution in [0.5, 0.6) is 5.75 Å². The molecule has 0 N–H and O–H groups in total. The Morgan fingerprint density at radius 2 is 2.20 bits per heavy atom. The molecular formula is C16H21NO3. The van der Waals surface area contributed by atoms with Crippen molar-refractivity contribution < 1.29 is 14.3 Å². The van der Waals surface area contributed by atoms with Crippen molar-refractivity contribution in [2.45, 2.75) is 37.8 Å². The van der Waals surface area contributed by atoms with Crippen molar-refractivity contribution in [3.8, 4) is 5.75 Å². The fourth-order valence-electron chi connectivity index (χ4n) is 3.27. The Morgan fingerprint density at radius 1 is 1.35 bits per heavy atom. The van der Waals surface area contributed by atoms with Gasteiger partial charge < -0.3 is 14.4 Å². The van der Waals surface area contributed by atoms with Crippen molar-refractivity contribution in [1.82, 2.24) is 4.90 Å². The third-order valence-electron chi connectivity index (χ3n) is 4.31. The highest BCUT2D eigenvalue weighted by atomic mass is 16.5. The summed E-state index contributed by atoms with van der Waals surface area (Å²) in [6.45, 7) is 1.34. The maximum Gasteiger partial charge on any atom is 0.254 e. The highest BCUT2D eigenvalue weighted by Crippen LogP contribution is 2.29. The zero-order valence-corrected chi connectivity index (χ0v) is 11.9. The van der Waals surface area contributed by atoms with Gasteiger partial charge >= 0.3 is 0 Å². The molecule has 2 fully saturated rings. The minimum atomic E-state index is 0.101. The lowest BCUT2D eigenvalue weighted by atomic mass is 9.89. The maximum absolute atomic E-state index is 12.7. The van der Waals surface area contributed by atoms with E-state index in [0.29, 0.717) is 18.7 Å². The largest absolute Gasteiger partial charge is 0.497 e. The van der Waals surface area contributed by atoms with E-state index in [1.807, 2.05) is 29.2 Å². The van der Waals surface area contributed by atoms with Gasteiger partial charge in [-0.3, -0.25) is 4.79 Å². The first-order valence-electron chi connectivity index (χ1n) is 7.36. The third kappa shape index (κ3) is 2.52. The standard InChI is InChI=1S/C16H21NO3/c1-19-13-6-4-5-12(11-13)16(18)17-9-10-20-15-8-3-2-7-14(15)17/h4-6,11,14-15H,2-3,7-10H2,1H3/t14-,15-/m0/s1. The number of fused-ring (bicyclic) bond motifs is 1. The van der Waals surface area contributed by atoms with E-state index in [2.05, 4.69) is 0 Å². The average molecular weight is 275 g/mol. The summed E-state index contributed by atoms with van der Waals surface area (Å²) in [5, 5.41) is 0. The number of amides is 1. The Morgan fingerprint density at radius 3 is 3.05 bits per heavy atom. The number of hydrogen-bond acceptors (Lipinski definition) is 3. The van der Waals surface area contributed by atoms with Gasteiger partial charge in [0.1, 0.15) is 5.75 Å². The molecule has 1 heterocycles. The van der Waals surface area contributed by atoms with Crippen LogP contribution in [0.4, 0.5) is 0 Å². The lowest BCUT2D eigenvalue weighted by Crippen LogP contribution is -2.54. The van der Waals surface area contributed by atoms with Crippen LogP contribution in [-0.2, 0) is 4.74 Å². The molecule has 2 atom stereocenters. The summed E-state index contributed by atoms with van der Waals surface area (Å²) in [6, 6.07) is 7.65. The Bertz CT molecular complexity index is 486. The van der Waals surface area contributed by atoms with Gasteiger partial charge in [0.15, 0.2) is 0 Å². The van der Waals surface area contributed by atoms with E-state index >= 15 is 0 Å². The van der Waals surface area contributed by atoms with E-state index in [1.165, 1.54) is 12.8 Å². The van der Waals surface area contributed by atoms with Gasteiger partial charge in [-0.25, -0.2) is 0 Å². The number of hydrogen-bond donors (Lipinski definition) is 0. The molecule has 0 aromatic heterocycles. The smallest absolute Gasteiger partial charge is 0.254 e. The molecule has 3 rings (SSSR count). The second-order valence-electron chi connectivity index (χ2n) is 5.49. The minimum absolute atomic E-state index is 0.101. The summed E-state index contributed by atoms with van der Waals surface area (Å²) in [7, 11) is 1.62. The van der Waals surface area contributed by atoms with Gasteiger partial charge in [0.05, 0.1) is 25.9 Å². The molecule has 1 saturated heterocycles. The zero-order chi connectivity index (χ0) is 13.9. The molecule has 1 aromatic carbocycles. The van der Waals surface area contributed by atoms with Crippen LogP contribution in [-0.4, -0.2) is 43.2 Å². The number of rotatable bonds is 2. The molecule has 1 aromatic rings. The van der Waals surface area contributed by atoms with Crippen LogP contribution in [0.15, 0.2) is 24.3 Å². The number of methoxy groups -OCH3 is 1. The Hall–Kier alpha value is -1.55. The number of ether oxygens (including phenoxy) is 2. The lowest BCUT2D eigenvalue weighted by molar-refractivity contribution is -0.0752. The molecule has 0 radical (unpaired) electrons. The first kappa shape index (κ1) is 13.4. The maximum atomic E-state index is 12.7. The molecule has 1 amide bonds. The number of carbonyl (C=O) groups is 1. The van der Waals surface area contributed by atoms with Gasteiger partial charge in [-0.05, 0) is 31.0 Å². The van der Waals surface area contributed by atoms with Crippen LogP contribution in [0.3, 0.4) is 0 Å². The number of nitrogens with zero attached hydrogens (tertiary/aromatic N) is 1. The van der Waals surface area contributed by atoms with Crippen molar-refractivity contribution in [3.63, 3.8) is 0 Å². The third-order valence-corrected chi connectivity index (χ3v) is 4.31. The van der Waals surface area contributed by atoms with Crippen LogP contribution in [0, 0.1) is 0 Å². The van der Waals surface area contributed by atoms with Crippen molar-refractivity contribution in [1.29, 1.82) is 0 Å². The summed E-state index contributed by atoms with van der Waals surface area (Å²) in [6.07, 6.45) is 4.76. The van der Waals surface area contributed by atoms with E-state index in [9.17, 15) is 4.79 Å². The molecule has 20 heavy (non-hydrogen) atoms. The number of carbonyl (C=O) groups excluding carboxylic acids is 1. The summed E-state index contributed by atoms with van der Waals surface area (Å²) in [5.74, 6) is 0.827. The monoisotopic (exact) mass is 275 g/mol. The quantitative estimate of drug-likeness (QED) is 0.832. The molecular weight excluding hydrogens is 254 g/mol. The highest BCUT2D eigenvalue weighted by Gasteiger charge is 2.36. The van der Waals surface area contributed by atoms with Crippen molar-refractivity contribution >= 4 is 5.91 Å². The Balaban J connectivity index is 1.81. The highest BCUT2D eigenvalue weighted by molar-refractivity contribution is 5.95. The van der Waals surface area contributed by atoms with Crippen molar-refractivity contribution in [3.05, 3.63) is 29.8 Å². The molecule has 4 nitrogen and oxygen atoms in total. The normalized spacial score (nSPS) is 25.9. The van der Waals surface area contributed by atoms with E-state index in [0.717, 1.165) is 18.6 Å².